The molecule has 0 unspecified atom stereocenters. The van der Waals surface area contributed by atoms with E-state index < -0.39 is 45.4 Å². The number of benzene rings is 3. The van der Waals surface area contributed by atoms with Crippen LogP contribution in [0.4, 0.5) is 5.69 Å². The monoisotopic (exact) mass is 550 g/mol. The number of esters is 2. The van der Waals surface area contributed by atoms with Crippen molar-refractivity contribution in [2.45, 2.75) is 29.8 Å². The third-order valence-electron chi connectivity index (χ3n) is 7.78. The maximum Gasteiger partial charge on any atom is 0.323 e. The summed E-state index contributed by atoms with van der Waals surface area (Å²) >= 11 is 0. The summed E-state index contributed by atoms with van der Waals surface area (Å²) in [5.41, 5.74) is 1.04. The molecule has 4 atom stereocenters. The molecular weight excluding hydrogens is 520 g/mol. The van der Waals surface area contributed by atoms with E-state index in [0.717, 1.165) is 5.56 Å². The Balaban J connectivity index is 1.77. The maximum atomic E-state index is 14.1. The van der Waals surface area contributed by atoms with Crippen molar-refractivity contribution in [1.29, 1.82) is 0 Å². The van der Waals surface area contributed by atoms with E-state index in [1.54, 1.807) is 79.9 Å². The van der Waals surface area contributed by atoms with Crippen LogP contribution in [-0.2, 0) is 29.1 Å². The van der Waals surface area contributed by atoms with E-state index in [9.17, 15) is 18.0 Å². The van der Waals surface area contributed by atoms with Gasteiger partial charge in [-0.1, -0.05) is 48.0 Å². The summed E-state index contributed by atoms with van der Waals surface area (Å²) in [4.78, 5) is 27.2. The molecule has 2 heterocycles. The molecule has 1 fully saturated rings. The number of hydrogen-bond acceptors (Lipinski definition) is 8. The Morgan fingerprint density at radius 3 is 2.21 bits per heavy atom. The molecule has 39 heavy (non-hydrogen) atoms. The van der Waals surface area contributed by atoms with Gasteiger partial charge in [-0.3, -0.25) is 19.2 Å². The number of para-hydroxylation sites is 1. The van der Waals surface area contributed by atoms with E-state index in [4.69, 9.17) is 14.2 Å². The summed E-state index contributed by atoms with van der Waals surface area (Å²) in [5, 5.41) is 3.32. The van der Waals surface area contributed by atoms with Crippen LogP contribution in [0.15, 0.2) is 77.7 Å². The van der Waals surface area contributed by atoms with Gasteiger partial charge >= 0.3 is 11.9 Å². The SMILES string of the molecule is COC(=O)[C@H]1N[C@H]2c3ccccc3N(S(=O)(=O)c3ccc(C)cc3)C[C@]2(C(=O)OC)[C@@H]1c1ccc(OC)cc1. The van der Waals surface area contributed by atoms with Crippen molar-refractivity contribution in [3.8, 4) is 5.75 Å². The molecule has 10 heteroatoms. The summed E-state index contributed by atoms with van der Waals surface area (Å²) < 4.78 is 45.4. The van der Waals surface area contributed by atoms with Crippen LogP contribution in [0.5, 0.6) is 5.75 Å². The van der Waals surface area contributed by atoms with E-state index in [0.29, 0.717) is 22.6 Å². The molecule has 0 bridgehead atoms. The average Bonchev–Trinajstić information content (AvgIpc) is 3.32. The number of carbonyl (C=O) groups excluding carboxylic acids is 2. The predicted octanol–water partition coefficient (Wildman–Crippen LogP) is 3.34. The normalized spacial score (nSPS) is 23.9. The van der Waals surface area contributed by atoms with Gasteiger partial charge in [0.25, 0.3) is 10.0 Å². The van der Waals surface area contributed by atoms with Gasteiger partial charge in [0.15, 0.2) is 0 Å². The molecule has 0 aromatic heterocycles. The van der Waals surface area contributed by atoms with Gasteiger partial charge in [-0.15, -0.1) is 0 Å². The Bertz CT molecular complexity index is 1510. The van der Waals surface area contributed by atoms with Crippen molar-refractivity contribution in [3.05, 3.63) is 89.5 Å². The lowest BCUT2D eigenvalue weighted by Crippen LogP contribution is -2.54. The number of fused-ring (bicyclic) bond motifs is 3. The molecule has 204 valence electrons. The molecule has 0 aliphatic carbocycles. The van der Waals surface area contributed by atoms with Crippen LogP contribution in [0.25, 0.3) is 0 Å². The second-order valence-electron chi connectivity index (χ2n) is 9.77. The Kier molecular flexibility index (Phi) is 6.86. The molecule has 3 aromatic rings. The fourth-order valence-electron chi connectivity index (χ4n) is 5.92. The Hall–Kier alpha value is -3.89. The van der Waals surface area contributed by atoms with Crippen LogP contribution in [0, 0.1) is 12.3 Å². The zero-order valence-corrected chi connectivity index (χ0v) is 22.9. The van der Waals surface area contributed by atoms with E-state index >= 15 is 0 Å². The summed E-state index contributed by atoms with van der Waals surface area (Å²) in [6.07, 6.45) is 0. The highest BCUT2D eigenvalue weighted by Gasteiger charge is 2.67. The second kappa shape index (κ2) is 10.0. The first kappa shape index (κ1) is 26.7. The van der Waals surface area contributed by atoms with Gasteiger partial charge in [-0.25, -0.2) is 8.42 Å². The first-order valence-corrected chi connectivity index (χ1v) is 13.9. The Labute approximate surface area is 227 Å². The Morgan fingerprint density at radius 2 is 1.59 bits per heavy atom. The number of ether oxygens (including phenoxy) is 3. The highest BCUT2D eigenvalue weighted by Crippen LogP contribution is 2.59. The third kappa shape index (κ3) is 4.15. The van der Waals surface area contributed by atoms with Gasteiger partial charge in [-0.2, -0.15) is 0 Å². The first-order valence-electron chi connectivity index (χ1n) is 12.4. The van der Waals surface area contributed by atoms with Gasteiger partial charge in [0, 0.05) is 5.92 Å². The van der Waals surface area contributed by atoms with Gasteiger partial charge < -0.3 is 14.2 Å². The number of carbonyl (C=O) groups is 2. The minimum atomic E-state index is -4.11. The number of sulfonamides is 1. The fraction of sp³-hybridized carbons (Fsp3) is 0.310. The first-order chi connectivity index (χ1) is 18.7. The standard InChI is InChI=1S/C29H30N2O7S/c1-18-9-15-21(16-10-18)39(34,35)31-17-29(28(33)38-4)24(19-11-13-20(36-2)14-12-19)25(27(32)37-3)30-26(29)22-7-5-6-8-23(22)31/h5-16,24-26,30H,17H2,1-4H3/t24-,25+,26+,29+/m1/s1. The smallest absolute Gasteiger partial charge is 0.323 e. The molecule has 0 spiro atoms. The lowest BCUT2D eigenvalue weighted by Gasteiger charge is -2.46. The van der Waals surface area contributed by atoms with Crippen molar-refractivity contribution in [1.82, 2.24) is 5.32 Å². The van der Waals surface area contributed by atoms with E-state index in [1.165, 1.54) is 18.5 Å². The second-order valence-corrected chi connectivity index (χ2v) is 11.6. The maximum absolute atomic E-state index is 14.1. The highest BCUT2D eigenvalue weighted by atomic mass is 32.2. The largest absolute Gasteiger partial charge is 0.497 e. The fourth-order valence-corrected chi connectivity index (χ4v) is 7.47. The molecular formula is C29H30N2O7S. The van der Waals surface area contributed by atoms with Crippen LogP contribution in [0.2, 0.25) is 0 Å². The quantitative estimate of drug-likeness (QED) is 0.466. The number of anilines is 1. The lowest BCUT2D eigenvalue weighted by molar-refractivity contribution is -0.154. The van der Waals surface area contributed by atoms with Crippen molar-refractivity contribution in [3.63, 3.8) is 0 Å². The van der Waals surface area contributed by atoms with E-state index in [1.807, 2.05) is 6.92 Å². The van der Waals surface area contributed by atoms with E-state index in [-0.39, 0.29) is 11.4 Å². The van der Waals surface area contributed by atoms with Gasteiger partial charge in [0.05, 0.1) is 44.5 Å². The van der Waals surface area contributed by atoms with Crippen LogP contribution in [-0.4, -0.2) is 54.3 Å². The lowest BCUT2D eigenvalue weighted by atomic mass is 9.65. The number of rotatable bonds is 6. The molecule has 2 aliphatic rings. The third-order valence-corrected chi connectivity index (χ3v) is 9.55. The van der Waals surface area contributed by atoms with Gasteiger partial charge in [0.2, 0.25) is 0 Å². The number of hydrogen-bond donors (Lipinski definition) is 1. The van der Waals surface area contributed by atoms with Crippen LogP contribution in [0.1, 0.15) is 28.7 Å². The minimum absolute atomic E-state index is 0.0952. The number of aryl methyl sites for hydroxylation is 1. The number of methoxy groups -OCH3 is 3. The van der Waals surface area contributed by atoms with Crippen LogP contribution < -0.4 is 14.4 Å². The molecule has 0 radical (unpaired) electrons. The van der Waals surface area contributed by atoms with Crippen molar-refractivity contribution >= 4 is 27.6 Å². The minimum Gasteiger partial charge on any atom is -0.497 e. The average molecular weight is 551 g/mol. The van der Waals surface area contributed by atoms with Gasteiger partial charge in [-0.05, 0) is 48.4 Å². The van der Waals surface area contributed by atoms with Crippen LogP contribution >= 0.6 is 0 Å². The number of nitrogens with zero attached hydrogens (tertiary/aromatic N) is 1. The molecule has 1 saturated heterocycles. The summed E-state index contributed by atoms with van der Waals surface area (Å²) in [6, 6.07) is 18.9. The summed E-state index contributed by atoms with van der Waals surface area (Å²) in [5.74, 6) is -1.43. The summed E-state index contributed by atoms with van der Waals surface area (Å²) in [7, 11) is -0.0162. The zero-order valence-electron chi connectivity index (χ0n) is 22.1. The van der Waals surface area contributed by atoms with Gasteiger partial charge in [0.1, 0.15) is 17.2 Å². The Morgan fingerprint density at radius 1 is 0.923 bits per heavy atom. The van der Waals surface area contributed by atoms with E-state index in [2.05, 4.69) is 5.32 Å². The molecule has 0 amide bonds. The van der Waals surface area contributed by atoms with Crippen molar-refractivity contribution in [2.75, 3.05) is 32.2 Å². The number of nitrogens with one attached hydrogen (secondary N) is 1. The molecule has 9 nitrogen and oxygen atoms in total. The summed E-state index contributed by atoms with van der Waals surface area (Å²) in [6.45, 7) is 1.62. The molecule has 3 aromatic carbocycles. The molecule has 5 rings (SSSR count). The predicted molar refractivity (Wildman–Crippen MR) is 144 cm³/mol. The molecule has 1 N–H and O–H groups in total. The topological polar surface area (TPSA) is 111 Å². The van der Waals surface area contributed by atoms with Crippen LogP contribution in [0.3, 0.4) is 0 Å². The molecule has 0 saturated carbocycles. The highest BCUT2D eigenvalue weighted by molar-refractivity contribution is 7.92. The molecule has 2 aliphatic heterocycles. The zero-order chi connectivity index (χ0) is 27.9. The van der Waals surface area contributed by atoms with Crippen molar-refractivity contribution < 1.29 is 32.2 Å². The van der Waals surface area contributed by atoms with Crippen molar-refractivity contribution in [2.24, 2.45) is 5.41 Å².